The molecule has 160 valence electrons. The zero-order valence-electron chi connectivity index (χ0n) is 16.6. The van der Waals surface area contributed by atoms with Crippen LogP contribution in [-0.4, -0.2) is 26.2 Å². The van der Waals surface area contributed by atoms with Gasteiger partial charge in [-0.1, -0.05) is 6.07 Å². The quantitative estimate of drug-likeness (QED) is 0.763. The predicted octanol–water partition coefficient (Wildman–Crippen LogP) is 4.66. The average molecular weight is 421 g/mol. The first-order valence-corrected chi connectivity index (χ1v) is 9.69. The van der Waals surface area contributed by atoms with E-state index in [4.69, 9.17) is 14.2 Å². The summed E-state index contributed by atoms with van der Waals surface area (Å²) >= 11 is 0. The second-order valence-corrected chi connectivity index (χ2v) is 7.58. The molecule has 4 rings (SSSR count). The van der Waals surface area contributed by atoms with Crippen LogP contribution >= 0.6 is 0 Å². The van der Waals surface area contributed by atoms with E-state index < -0.39 is 29.4 Å². The molecule has 1 N–H and O–H groups in total. The van der Waals surface area contributed by atoms with Crippen LogP contribution in [0.1, 0.15) is 42.6 Å². The Hall–Kier alpha value is -2.58. The van der Waals surface area contributed by atoms with Crippen LogP contribution in [-0.2, 0) is 25.8 Å². The maximum atomic E-state index is 14.4. The minimum absolute atomic E-state index is 0.0792. The van der Waals surface area contributed by atoms with Gasteiger partial charge in [0, 0.05) is 39.2 Å². The van der Waals surface area contributed by atoms with Crippen molar-refractivity contribution >= 4 is 11.6 Å². The van der Waals surface area contributed by atoms with Crippen molar-refractivity contribution in [3.8, 4) is 5.75 Å². The lowest BCUT2D eigenvalue weighted by Crippen LogP contribution is -2.35. The number of ether oxygens (including phenoxy) is 3. The van der Waals surface area contributed by atoms with Gasteiger partial charge in [-0.2, -0.15) is 8.78 Å². The third-order valence-corrected chi connectivity index (χ3v) is 5.79. The summed E-state index contributed by atoms with van der Waals surface area (Å²) in [5.74, 6) is -5.15. The summed E-state index contributed by atoms with van der Waals surface area (Å²) in [5, 5.41) is 2.16. The molecule has 0 radical (unpaired) electrons. The van der Waals surface area contributed by atoms with E-state index in [-0.39, 0.29) is 17.0 Å². The minimum Gasteiger partial charge on any atom is -0.486 e. The zero-order valence-corrected chi connectivity index (χ0v) is 16.6. The highest BCUT2D eigenvalue weighted by atomic mass is 19.3. The fraction of sp³-hybridized carbons (Fsp3) is 0.409. The van der Waals surface area contributed by atoms with Crippen molar-refractivity contribution in [2.24, 2.45) is 0 Å². The summed E-state index contributed by atoms with van der Waals surface area (Å²) in [4.78, 5) is 11.5. The Morgan fingerprint density at radius 1 is 1.13 bits per heavy atom. The Labute approximate surface area is 172 Å². The van der Waals surface area contributed by atoms with E-state index >= 15 is 0 Å². The Balaban J connectivity index is 1.60. The number of alkyl halides is 2. The number of benzene rings is 2. The summed E-state index contributed by atoms with van der Waals surface area (Å²) in [5.41, 5.74) is 0.120. The SMILES string of the molecule is COC1(c2cc(F)cc(OC(C)c3ccc4c(c3)C(F)(F)C(=O)N4)c2)CCOCC1. The third kappa shape index (κ3) is 3.54. The maximum absolute atomic E-state index is 14.4. The van der Waals surface area contributed by atoms with E-state index in [1.54, 1.807) is 26.2 Å². The Morgan fingerprint density at radius 2 is 1.87 bits per heavy atom. The molecule has 2 aromatic carbocycles. The number of anilines is 1. The molecule has 0 saturated carbocycles. The molecule has 2 aliphatic rings. The summed E-state index contributed by atoms with van der Waals surface area (Å²) < 4.78 is 59.5. The fourth-order valence-corrected chi connectivity index (χ4v) is 3.98. The monoisotopic (exact) mass is 421 g/mol. The van der Waals surface area contributed by atoms with Gasteiger partial charge < -0.3 is 19.5 Å². The molecule has 0 aromatic heterocycles. The van der Waals surface area contributed by atoms with Crippen molar-refractivity contribution in [2.45, 2.75) is 37.4 Å². The lowest BCUT2D eigenvalue weighted by molar-refractivity contribution is -0.139. The van der Waals surface area contributed by atoms with E-state index in [0.29, 0.717) is 37.2 Å². The van der Waals surface area contributed by atoms with Crippen LogP contribution in [0, 0.1) is 5.82 Å². The molecule has 1 unspecified atom stereocenters. The lowest BCUT2D eigenvalue weighted by Gasteiger charge is -2.36. The first kappa shape index (κ1) is 20.7. The summed E-state index contributed by atoms with van der Waals surface area (Å²) in [7, 11) is 1.58. The number of amides is 1. The topological polar surface area (TPSA) is 56.8 Å². The molecule has 2 aliphatic heterocycles. The van der Waals surface area contributed by atoms with E-state index in [0.717, 1.165) is 0 Å². The molecule has 0 spiro atoms. The van der Waals surface area contributed by atoms with Crippen molar-refractivity contribution in [2.75, 3.05) is 25.6 Å². The van der Waals surface area contributed by atoms with E-state index in [2.05, 4.69) is 5.32 Å². The van der Waals surface area contributed by atoms with Crippen molar-refractivity contribution in [1.29, 1.82) is 0 Å². The van der Waals surface area contributed by atoms with Crippen LogP contribution in [0.4, 0.5) is 18.9 Å². The van der Waals surface area contributed by atoms with Gasteiger partial charge in [0.15, 0.2) is 0 Å². The largest absolute Gasteiger partial charge is 0.486 e. The minimum atomic E-state index is -3.59. The number of rotatable bonds is 5. The van der Waals surface area contributed by atoms with Gasteiger partial charge in [-0.3, -0.25) is 4.79 Å². The Morgan fingerprint density at radius 3 is 2.57 bits per heavy atom. The number of carbonyl (C=O) groups excluding carboxylic acids is 1. The summed E-state index contributed by atoms with van der Waals surface area (Å²) in [6, 6.07) is 8.63. The summed E-state index contributed by atoms with van der Waals surface area (Å²) in [6.45, 7) is 2.69. The van der Waals surface area contributed by atoms with Gasteiger partial charge >= 0.3 is 5.92 Å². The van der Waals surface area contributed by atoms with Crippen LogP contribution in [0.25, 0.3) is 0 Å². The van der Waals surface area contributed by atoms with Crippen LogP contribution in [0.3, 0.4) is 0 Å². The molecule has 2 heterocycles. The predicted molar refractivity (Wildman–Crippen MR) is 103 cm³/mol. The number of nitrogens with one attached hydrogen (secondary N) is 1. The highest BCUT2D eigenvalue weighted by Crippen LogP contribution is 2.42. The molecule has 0 bridgehead atoms. The molecule has 8 heteroatoms. The molecule has 1 saturated heterocycles. The maximum Gasteiger partial charge on any atom is 0.352 e. The molecule has 0 aliphatic carbocycles. The van der Waals surface area contributed by atoms with E-state index in [9.17, 15) is 18.0 Å². The van der Waals surface area contributed by atoms with Gasteiger partial charge in [0.1, 0.15) is 17.7 Å². The highest BCUT2D eigenvalue weighted by molar-refractivity contribution is 6.03. The number of methoxy groups -OCH3 is 1. The van der Waals surface area contributed by atoms with Gasteiger partial charge in [-0.15, -0.1) is 0 Å². The van der Waals surface area contributed by atoms with Crippen LogP contribution in [0.15, 0.2) is 36.4 Å². The van der Waals surface area contributed by atoms with Gasteiger partial charge in [-0.25, -0.2) is 4.39 Å². The zero-order chi connectivity index (χ0) is 21.5. The molecular formula is C22H22F3NO4. The fourth-order valence-electron chi connectivity index (χ4n) is 3.98. The number of hydrogen-bond acceptors (Lipinski definition) is 4. The Kier molecular flexibility index (Phi) is 5.23. The lowest BCUT2D eigenvalue weighted by atomic mass is 9.86. The van der Waals surface area contributed by atoms with Gasteiger partial charge in [0.05, 0.1) is 16.9 Å². The van der Waals surface area contributed by atoms with Crippen molar-refractivity contribution in [3.05, 3.63) is 58.9 Å². The third-order valence-electron chi connectivity index (χ3n) is 5.79. The van der Waals surface area contributed by atoms with Crippen molar-refractivity contribution < 1.29 is 32.2 Å². The molecule has 5 nitrogen and oxygen atoms in total. The number of halogens is 3. The number of carbonyl (C=O) groups is 1. The smallest absolute Gasteiger partial charge is 0.352 e. The van der Waals surface area contributed by atoms with E-state index in [1.807, 2.05) is 0 Å². The van der Waals surface area contributed by atoms with E-state index in [1.165, 1.54) is 24.3 Å². The Bertz CT molecular complexity index is 973. The van der Waals surface area contributed by atoms with Gasteiger partial charge in [0.25, 0.3) is 5.91 Å². The standard InChI is InChI=1S/C22H22F3NO4/c1-13(14-3-4-19-18(9-14)22(24,25)20(27)26-19)30-17-11-15(10-16(23)12-17)21(28-2)5-7-29-8-6-21/h3-4,9-13H,5-8H2,1-2H3,(H,26,27). The van der Waals surface area contributed by atoms with Gasteiger partial charge in [-0.05, 0) is 42.3 Å². The summed E-state index contributed by atoms with van der Waals surface area (Å²) in [6.07, 6.45) is 0.524. The normalized spacial score (nSPS) is 20.4. The second-order valence-electron chi connectivity index (χ2n) is 7.58. The highest BCUT2D eigenvalue weighted by Gasteiger charge is 2.48. The molecule has 30 heavy (non-hydrogen) atoms. The second kappa shape index (κ2) is 7.59. The molecule has 1 amide bonds. The first-order chi connectivity index (χ1) is 14.2. The van der Waals surface area contributed by atoms with Crippen LogP contribution in [0.5, 0.6) is 5.75 Å². The molecule has 1 fully saturated rings. The van der Waals surface area contributed by atoms with Crippen molar-refractivity contribution in [3.63, 3.8) is 0 Å². The average Bonchev–Trinajstić information content (AvgIpc) is 2.96. The molecule has 1 atom stereocenters. The number of fused-ring (bicyclic) bond motifs is 1. The van der Waals surface area contributed by atoms with Crippen LogP contribution < -0.4 is 10.1 Å². The van der Waals surface area contributed by atoms with Crippen molar-refractivity contribution in [1.82, 2.24) is 0 Å². The van der Waals surface area contributed by atoms with Gasteiger partial charge in [0.2, 0.25) is 0 Å². The molecule has 2 aromatic rings. The molecular weight excluding hydrogens is 399 g/mol. The first-order valence-electron chi connectivity index (χ1n) is 9.69. The number of hydrogen-bond donors (Lipinski definition) is 1. The van der Waals surface area contributed by atoms with Crippen LogP contribution in [0.2, 0.25) is 0 Å².